The highest BCUT2D eigenvalue weighted by molar-refractivity contribution is 7.90. The van der Waals surface area contributed by atoms with Gasteiger partial charge in [-0.15, -0.1) is 0 Å². The lowest BCUT2D eigenvalue weighted by Crippen LogP contribution is -2.32. The van der Waals surface area contributed by atoms with E-state index in [1.54, 1.807) is 18.2 Å². The van der Waals surface area contributed by atoms with Crippen LogP contribution in [0.5, 0.6) is 0 Å². The van der Waals surface area contributed by atoms with Crippen molar-refractivity contribution in [3.05, 3.63) is 29.5 Å². The molecule has 0 aliphatic heterocycles. The maximum Gasteiger partial charge on any atom is 0.320 e. The molecule has 1 unspecified atom stereocenters. The van der Waals surface area contributed by atoms with E-state index in [4.69, 9.17) is 10.8 Å². The molecule has 7 heteroatoms. The maximum atomic E-state index is 11.7. The van der Waals surface area contributed by atoms with Crippen LogP contribution in [0.2, 0.25) is 0 Å². The van der Waals surface area contributed by atoms with Gasteiger partial charge in [0.2, 0.25) is 0 Å². The van der Waals surface area contributed by atoms with E-state index in [1.807, 2.05) is 18.5 Å². The third-order valence-electron chi connectivity index (χ3n) is 3.76. The van der Waals surface area contributed by atoms with Gasteiger partial charge in [0.15, 0.2) is 9.84 Å². The molecule has 0 bridgehead atoms. The Labute approximate surface area is 123 Å². The first kappa shape index (κ1) is 15.5. The van der Waals surface area contributed by atoms with Crippen LogP contribution >= 0.6 is 0 Å². The molecule has 2 aromatic rings. The third-order valence-corrected chi connectivity index (χ3v) is 4.87. The highest BCUT2D eigenvalue weighted by atomic mass is 32.2. The number of fused-ring (bicyclic) bond motifs is 1. The van der Waals surface area contributed by atoms with Crippen molar-refractivity contribution in [1.82, 2.24) is 4.57 Å². The summed E-state index contributed by atoms with van der Waals surface area (Å²) in [5.74, 6) is -1.08. The number of sulfone groups is 1. The zero-order valence-electron chi connectivity index (χ0n) is 12.1. The van der Waals surface area contributed by atoms with Crippen molar-refractivity contribution in [2.24, 2.45) is 12.8 Å². The predicted octanol–water partition coefficient (Wildman–Crippen LogP) is 0.845. The average molecular weight is 310 g/mol. The summed E-state index contributed by atoms with van der Waals surface area (Å²) in [6.07, 6.45) is 1.30. The van der Waals surface area contributed by atoms with Crippen molar-refractivity contribution >= 4 is 26.7 Å². The van der Waals surface area contributed by atoms with Crippen LogP contribution in [0.25, 0.3) is 10.9 Å². The van der Waals surface area contributed by atoms with Gasteiger partial charge in [-0.2, -0.15) is 0 Å². The molecule has 0 spiro atoms. The molecular formula is C14H18N2O4S. The zero-order valence-corrected chi connectivity index (χ0v) is 12.9. The number of nitrogens with zero attached hydrogens (tertiary/aromatic N) is 1. The van der Waals surface area contributed by atoms with E-state index >= 15 is 0 Å². The summed E-state index contributed by atoms with van der Waals surface area (Å²) in [7, 11) is -1.46. The molecule has 0 amide bonds. The SMILES string of the molecule is Cc1c(CC(N)C(=O)O)c2cc(S(C)(=O)=O)ccc2n1C. The van der Waals surface area contributed by atoms with E-state index in [9.17, 15) is 13.2 Å². The monoisotopic (exact) mass is 310 g/mol. The molecular weight excluding hydrogens is 292 g/mol. The molecule has 3 N–H and O–H groups in total. The maximum absolute atomic E-state index is 11.7. The number of aliphatic carboxylic acids is 1. The molecule has 0 fully saturated rings. The van der Waals surface area contributed by atoms with Crippen LogP contribution in [-0.4, -0.2) is 36.4 Å². The molecule has 0 saturated carbocycles. The molecule has 0 aliphatic carbocycles. The van der Waals surface area contributed by atoms with Crippen molar-refractivity contribution in [2.45, 2.75) is 24.3 Å². The summed E-state index contributed by atoms with van der Waals surface area (Å²) in [6, 6.07) is 3.85. The number of carboxylic acid groups (broad SMARTS) is 1. The molecule has 2 rings (SSSR count). The number of benzene rings is 1. The fourth-order valence-corrected chi connectivity index (χ4v) is 3.07. The second kappa shape index (κ2) is 5.16. The zero-order chi connectivity index (χ0) is 15.9. The summed E-state index contributed by atoms with van der Waals surface area (Å²) in [5, 5.41) is 9.70. The Bertz CT molecular complexity index is 821. The predicted molar refractivity (Wildman–Crippen MR) is 80.1 cm³/mol. The molecule has 1 aromatic heterocycles. The first-order chi connectivity index (χ1) is 9.62. The molecule has 0 radical (unpaired) electrons. The van der Waals surface area contributed by atoms with Gasteiger partial charge in [0.25, 0.3) is 0 Å². The van der Waals surface area contributed by atoms with Gasteiger partial charge in [0.05, 0.1) is 4.90 Å². The van der Waals surface area contributed by atoms with Crippen LogP contribution in [-0.2, 0) is 28.1 Å². The Morgan fingerprint density at radius 3 is 2.57 bits per heavy atom. The Morgan fingerprint density at radius 1 is 1.43 bits per heavy atom. The minimum atomic E-state index is -3.32. The van der Waals surface area contributed by atoms with Crippen LogP contribution in [0, 0.1) is 6.92 Å². The summed E-state index contributed by atoms with van der Waals surface area (Å²) in [4.78, 5) is 11.2. The summed E-state index contributed by atoms with van der Waals surface area (Å²) >= 11 is 0. The first-order valence-corrected chi connectivity index (χ1v) is 8.28. The van der Waals surface area contributed by atoms with E-state index in [0.717, 1.165) is 28.4 Å². The van der Waals surface area contributed by atoms with Gasteiger partial charge in [-0.1, -0.05) is 0 Å². The first-order valence-electron chi connectivity index (χ1n) is 6.39. The van der Waals surface area contributed by atoms with Crippen molar-refractivity contribution in [1.29, 1.82) is 0 Å². The fourth-order valence-electron chi connectivity index (χ4n) is 2.42. The summed E-state index contributed by atoms with van der Waals surface area (Å²) in [5.41, 5.74) is 8.12. The number of carbonyl (C=O) groups is 1. The quantitative estimate of drug-likeness (QED) is 0.871. The minimum absolute atomic E-state index is 0.158. The lowest BCUT2D eigenvalue weighted by molar-refractivity contribution is -0.138. The topological polar surface area (TPSA) is 102 Å². The lowest BCUT2D eigenvalue weighted by Gasteiger charge is -2.07. The van der Waals surface area contributed by atoms with E-state index in [0.29, 0.717) is 0 Å². The average Bonchev–Trinajstić information content (AvgIpc) is 2.62. The van der Waals surface area contributed by atoms with E-state index < -0.39 is 21.8 Å². The van der Waals surface area contributed by atoms with Crippen molar-refractivity contribution in [3.8, 4) is 0 Å². The fraction of sp³-hybridized carbons (Fsp3) is 0.357. The smallest absolute Gasteiger partial charge is 0.320 e. The van der Waals surface area contributed by atoms with Gasteiger partial charge >= 0.3 is 5.97 Å². The minimum Gasteiger partial charge on any atom is -0.480 e. The van der Waals surface area contributed by atoms with Crippen molar-refractivity contribution in [3.63, 3.8) is 0 Å². The number of hydrogen-bond donors (Lipinski definition) is 2. The van der Waals surface area contributed by atoms with Crippen molar-refractivity contribution < 1.29 is 18.3 Å². The van der Waals surface area contributed by atoms with Crippen LogP contribution in [0.1, 0.15) is 11.3 Å². The van der Waals surface area contributed by atoms with Crippen LogP contribution < -0.4 is 5.73 Å². The molecule has 1 aromatic carbocycles. The molecule has 114 valence electrons. The summed E-state index contributed by atoms with van der Waals surface area (Å²) in [6.45, 7) is 1.87. The number of nitrogens with two attached hydrogens (primary N) is 1. The van der Waals surface area contributed by atoms with Gasteiger partial charge in [0, 0.05) is 36.3 Å². The Hall–Kier alpha value is -1.86. The molecule has 0 saturated heterocycles. The Morgan fingerprint density at radius 2 is 2.05 bits per heavy atom. The van der Waals surface area contributed by atoms with Gasteiger partial charge in [-0.3, -0.25) is 4.79 Å². The number of hydrogen-bond acceptors (Lipinski definition) is 4. The molecule has 1 atom stereocenters. The number of rotatable bonds is 4. The van der Waals surface area contributed by atoms with Crippen LogP contribution in [0.3, 0.4) is 0 Å². The molecule has 6 nitrogen and oxygen atoms in total. The highest BCUT2D eigenvalue weighted by Crippen LogP contribution is 2.28. The van der Waals surface area contributed by atoms with Gasteiger partial charge in [-0.25, -0.2) is 8.42 Å². The Kier molecular flexibility index (Phi) is 3.81. The Balaban J connectivity index is 2.68. The molecule has 0 aliphatic rings. The second-order valence-electron chi connectivity index (χ2n) is 5.22. The van der Waals surface area contributed by atoms with Crippen LogP contribution in [0.4, 0.5) is 0 Å². The van der Waals surface area contributed by atoms with Gasteiger partial charge in [-0.05, 0) is 30.7 Å². The van der Waals surface area contributed by atoms with Gasteiger partial charge < -0.3 is 15.4 Å². The normalized spacial score (nSPS) is 13.5. The lowest BCUT2D eigenvalue weighted by atomic mass is 10.0. The second-order valence-corrected chi connectivity index (χ2v) is 7.24. The third kappa shape index (κ3) is 2.79. The van der Waals surface area contributed by atoms with E-state index in [1.165, 1.54) is 0 Å². The highest BCUT2D eigenvalue weighted by Gasteiger charge is 2.20. The van der Waals surface area contributed by atoms with Crippen molar-refractivity contribution in [2.75, 3.05) is 6.26 Å². The molecule has 1 heterocycles. The standard InChI is InChI=1S/C14H18N2O4S/c1-8-10(7-12(15)14(17)18)11-6-9(21(3,19)20)4-5-13(11)16(8)2/h4-6,12H,7,15H2,1-3H3,(H,17,18). The molecule has 21 heavy (non-hydrogen) atoms. The largest absolute Gasteiger partial charge is 0.480 e. The number of aromatic nitrogens is 1. The number of aryl methyl sites for hydroxylation is 1. The van der Waals surface area contributed by atoms with E-state index in [2.05, 4.69) is 0 Å². The van der Waals surface area contributed by atoms with Gasteiger partial charge in [0.1, 0.15) is 6.04 Å². The number of carboxylic acids is 1. The van der Waals surface area contributed by atoms with E-state index in [-0.39, 0.29) is 11.3 Å². The summed E-state index contributed by atoms with van der Waals surface area (Å²) < 4.78 is 25.3. The van der Waals surface area contributed by atoms with Crippen LogP contribution in [0.15, 0.2) is 23.1 Å².